The summed E-state index contributed by atoms with van der Waals surface area (Å²) in [5, 5.41) is 0. The van der Waals surface area contributed by atoms with Gasteiger partial charge in [0, 0.05) is 26.2 Å². The fourth-order valence-corrected chi connectivity index (χ4v) is 2.89. The molecule has 1 unspecified atom stereocenters. The molecule has 2 fully saturated rings. The molecule has 21 heavy (non-hydrogen) atoms. The molecule has 1 aromatic rings. The van der Waals surface area contributed by atoms with Gasteiger partial charge in [-0.2, -0.15) is 15.0 Å². The summed E-state index contributed by atoms with van der Waals surface area (Å²) in [6.45, 7) is 4.25. The molecule has 1 saturated carbocycles. The molecule has 2 heterocycles. The van der Waals surface area contributed by atoms with E-state index in [1.54, 1.807) is 0 Å². The highest BCUT2D eigenvalue weighted by Gasteiger charge is 2.32. The van der Waals surface area contributed by atoms with E-state index in [1.807, 2.05) is 0 Å². The Balaban J connectivity index is 1.84. The number of hydrogen-bond acceptors (Lipinski definition) is 7. The van der Waals surface area contributed by atoms with Crippen molar-refractivity contribution < 1.29 is 0 Å². The molecule has 0 aromatic carbocycles. The molecular formula is C14H25N7. The zero-order valence-corrected chi connectivity index (χ0v) is 12.9. The number of nitrogens with one attached hydrogen (secondary N) is 1. The van der Waals surface area contributed by atoms with E-state index in [2.05, 4.69) is 44.1 Å². The van der Waals surface area contributed by atoms with Gasteiger partial charge in [0.1, 0.15) is 0 Å². The summed E-state index contributed by atoms with van der Waals surface area (Å²) in [6, 6.07) is 0.451. The zero-order valence-electron chi connectivity index (χ0n) is 12.9. The Labute approximate surface area is 125 Å². The maximum Gasteiger partial charge on any atom is 0.243 e. The van der Waals surface area contributed by atoms with Crippen molar-refractivity contribution in [1.29, 1.82) is 0 Å². The molecule has 1 aliphatic carbocycles. The molecule has 0 spiro atoms. The molecule has 1 aliphatic heterocycles. The molecule has 7 heteroatoms. The van der Waals surface area contributed by atoms with Gasteiger partial charge >= 0.3 is 0 Å². The summed E-state index contributed by atoms with van der Waals surface area (Å²) >= 11 is 0. The van der Waals surface area contributed by atoms with E-state index >= 15 is 0 Å². The van der Waals surface area contributed by atoms with Gasteiger partial charge in [0.2, 0.25) is 17.8 Å². The number of nitrogen functional groups attached to an aromatic ring is 1. The van der Waals surface area contributed by atoms with Crippen LogP contribution >= 0.6 is 0 Å². The molecule has 116 valence electrons. The second-order valence-electron chi connectivity index (χ2n) is 6.14. The highest BCUT2D eigenvalue weighted by molar-refractivity contribution is 5.45. The first kappa shape index (κ1) is 14.3. The monoisotopic (exact) mass is 291 g/mol. The summed E-state index contributed by atoms with van der Waals surface area (Å²) in [5.74, 6) is 8.17. The molecular weight excluding hydrogens is 266 g/mol. The first-order chi connectivity index (χ1) is 10.2. The summed E-state index contributed by atoms with van der Waals surface area (Å²) in [5.41, 5.74) is 2.57. The van der Waals surface area contributed by atoms with Crippen molar-refractivity contribution in [2.24, 2.45) is 11.8 Å². The first-order valence-electron chi connectivity index (χ1n) is 7.89. The third-order valence-corrected chi connectivity index (χ3v) is 4.61. The van der Waals surface area contributed by atoms with Crippen molar-refractivity contribution in [3.63, 3.8) is 0 Å². The van der Waals surface area contributed by atoms with E-state index in [0.29, 0.717) is 17.9 Å². The van der Waals surface area contributed by atoms with Crippen LogP contribution in [0.25, 0.3) is 0 Å². The molecule has 3 N–H and O–H groups in total. The van der Waals surface area contributed by atoms with Gasteiger partial charge in [-0.1, -0.05) is 0 Å². The SMILES string of the molecule is CC(C1CC1)N(C)c1nc(NN)nc(N2CCCCC2)n1. The van der Waals surface area contributed by atoms with Crippen molar-refractivity contribution in [3.05, 3.63) is 0 Å². The Morgan fingerprint density at radius 2 is 1.90 bits per heavy atom. The summed E-state index contributed by atoms with van der Waals surface area (Å²) in [7, 11) is 2.05. The molecule has 0 radical (unpaired) electrons. The largest absolute Gasteiger partial charge is 0.341 e. The van der Waals surface area contributed by atoms with Crippen LogP contribution in [0.5, 0.6) is 0 Å². The summed E-state index contributed by atoms with van der Waals surface area (Å²) < 4.78 is 0. The highest BCUT2D eigenvalue weighted by Crippen LogP contribution is 2.35. The predicted octanol–water partition coefficient (Wildman–Crippen LogP) is 1.38. The van der Waals surface area contributed by atoms with Crippen LogP contribution in [0.3, 0.4) is 0 Å². The van der Waals surface area contributed by atoms with Crippen LogP contribution in [0.15, 0.2) is 0 Å². The normalized spacial score (nSPS) is 20.2. The number of piperidine rings is 1. The predicted molar refractivity (Wildman–Crippen MR) is 84.3 cm³/mol. The van der Waals surface area contributed by atoms with Crippen LogP contribution in [0, 0.1) is 5.92 Å². The highest BCUT2D eigenvalue weighted by atomic mass is 15.4. The first-order valence-corrected chi connectivity index (χ1v) is 7.89. The van der Waals surface area contributed by atoms with Crippen molar-refractivity contribution in [1.82, 2.24) is 15.0 Å². The Kier molecular flexibility index (Phi) is 4.10. The Morgan fingerprint density at radius 3 is 2.52 bits per heavy atom. The summed E-state index contributed by atoms with van der Waals surface area (Å²) in [6.07, 6.45) is 6.28. The molecule has 3 rings (SSSR count). The molecule has 0 bridgehead atoms. The zero-order chi connectivity index (χ0) is 14.8. The minimum Gasteiger partial charge on any atom is -0.341 e. The van der Waals surface area contributed by atoms with Crippen LogP contribution in [-0.4, -0.2) is 41.1 Å². The Morgan fingerprint density at radius 1 is 1.19 bits per heavy atom. The fourth-order valence-electron chi connectivity index (χ4n) is 2.89. The van der Waals surface area contributed by atoms with Gasteiger partial charge in [0.05, 0.1) is 0 Å². The van der Waals surface area contributed by atoms with Crippen molar-refractivity contribution >= 4 is 17.8 Å². The molecule has 7 nitrogen and oxygen atoms in total. The third-order valence-electron chi connectivity index (χ3n) is 4.61. The van der Waals surface area contributed by atoms with E-state index in [9.17, 15) is 0 Å². The van der Waals surface area contributed by atoms with Gasteiger partial charge in [-0.15, -0.1) is 0 Å². The van der Waals surface area contributed by atoms with E-state index in [4.69, 9.17) is 5.84 Å². The number of nitrogens with zero attached hydrogens (tertiary/aromatic N) is 5. The van der Waals surface area contributed by atoms with Crippen LogP contribution in [0.4, 0.5) is 17.8 Å². The summed E-state index contributed by atoms with van der Waals surface area (Å²) in [4.78, 5) is 17.9. The molecule has 1 atom stereocenters. The number of nitrogens with two attached hydrogens (primary N) is 1. The lowest BCUT2D eigenvalue weighted by atomic mass is 10.1. The van der Waals surface area contributed by atoms with Gasteiger partial charge < -0.3 is 9.80 Å². The van der Waals surface area contributed by atoms with Crippen LogP contribution < -0.4 is 21.1 Å². The number of aromatic nitrogens is 3. The fraction of sp³-hybridized carbons (Fsp3) is 0.786. The Hall–Kier alpha value is -1.63. The molecule has 1 aromatic heterocycles. The van der Waals surface area contributed by atoms with E-state index < -0.39 is 0 Å². The van der Waals surface area contributed by atoms with E-state index in [-0.39, 0.29) is 0 Å². The van der Waals surface area contributed by atoms with E-state index in [0.717, 1.165) is 25.0 Å². The number of hydrogen-bond donors (Lipinski definition) is 2. The van der Waals surface area contributed by atoms with Crippen LogP contribution in [-0.2, 0) is 0 Å². The lowest BCUT2D eigenvalue weighted by Crippen LogP contribution is -2.35. The van der Waals surface area contributed by atoms with Gasteiger partial charge in [-0.25, -0.2) is 5.84 Å². The average molecular weight is 291 g/mol. The lowest BCUT2D eigenvalue weighted by Gasteiger charge is -2.29. The smallest absolute Gasteiger partial charge is 0.243 e. The lowest BCUT2D eigenvalue weighted by molar-refractivity contribution is 0.563. The third kappa shape index (κ3) is 3.18. The van der Waals surface area contributed by atoms with Gasteiger partial charge in [-0.3, -0.25) is 5.43 Å². The van der Waals surface area contributed by atoms with Crippen LogP contribution in [0.1, 0.15) is 39.0 Å². The number of hydrazine groups is 1. The van der Waals surface area contributed by atoms with Crippen LogP contribution in [0.2, 0.25) is 0 Å². The standard InChI is InChI=1S/C14H25N7/c1-10(11-6-7-11)20(2)13-16-12(19-15)17-14(18-13)21-8-4-3-5-9-21/h10-11H,3-9,15H2,1-2H3,(H,16,17,18,19). The van der Waals surface area contributed by atoms with Crippen molar-refractivity contribution in [2.45, 2.75) is 45.1 Å². The van der Waals surface area contributed by atoms with Gasteiger partial charge in [0.25, 0.3) is 0 Å². The second-order valence-corrected chi connectivity index (χ2v) is 6.14. The number of anilines is 3. The average Bonchev–Trinajstić information content (AvgIpc) is 3.38. The topological polar surface area (TPSA) is 83.2 Å². The maximum atomic E-state index is 5.53. The Bertz CT molecular complexity index is 482. The maximum absolute atomic E-state index is 5.53. The minimum atomic E-state index is 0.440. The van der Waals surface area contributed by atoms with Gasteiger partial charge in [0.15, 0.2) is 0 Å². The second kappa shape index (κ2) is 6.01. The van der Waals surface area contributed by atoms with E-state index in [1.165, 1.54) is 32.1 Å². The number of rotatable bonds is 5. The van der Waals surface area contributed by atoms with Crippen molar-refractivity contribution in [2.75, 3.05) is 35.4 Å². The molecule has 0 amide bonds. The molecule has 2 aliphatic rings. The molecule has 1 saturated heterocycles. The van der Waals surface area contributed by atoms with Crippen molar-refractivity contribution in [3.8, 4) is 0 Å². The minimum absolute atomic E-state index is 0.440. The van der Waals surface area contributed by atoms with Gasteiger partial charge in [-0.05, 0) is 44.9 Å². The quantitative estimate of drug-likeness (QED) is 0.626.